The Morgan fingerprint density at radius 3 is 2.63 bits per heavy atom. The van der Waals surface area contributed by atoms with Crippen molar-refractivity contribution >= 4 is 39.8 Å². The number of rotatable bonds is 11. The molecule has 0 fully saturated rings. The third-order valence-corrected chi connectivity index (χ3v) is 5.61. The number of ether oxygens (including phenoxy) is 2. The first-order valence-corrected chi connectivity index (χ1v) is 11.0. The zero-order valence-electron chi connectivity index (χ0n) is 16.3. The Kier molecular flexibility index (Phi) is 8.28. The summed E-state index contributed by atoms with van der Waals surface area (Å²) in [6.45, 7) is 3.31. The van der Waals surface area contributed by atoms with Crippen molar-refractivity contribution in [1.82, 2.24) is 15.5 Å². The first-order valence-electron chi connectivity index (χ1n) is 9.23. The van der Waals surface area contributed by atoms with Crippen molar-refractivity contribution in [2.75, 3.05) is 30.8 Å². The Morgan fingerprint density at radius 1 is 1.13 bits per heavy atom. The number of nitrogens with one attached hydrogen (secondary N) is 2. The van der Waals surface area contributed by atoms with Gasteiger partial charge in [-0.05, 0) is 49.4 Å². The van der Waals surface area contributed by atoms with Gasteiger partial charge in [-0.15, -0.1) is 10.2 Å². The fraction of sp³-hybridized carbons (Fsp3) is 0.250. The highest BCUT2D eigenvalue weighted by Crippen LogP contribution is 2.27. The lowest BCUT2D eigenvalue weighted by Crippen LogP contribution is -2.29. The van der Waals surface area contributed by atoms with Crippen LogP contribution in [0.25, 0.3) is 0 Å². The van der Waals surface area contributed by atoms with Crippen LogP contribution in [0.15, 0.2) is 52.9 Å². The number of amides is 1. The van der Waals surface area contributed by atoms with Gasteiger partial charge in [0, 0.05) is 5.69 Å². The molecule has 0 spiro atoms. The van der Waals surface area contributed by atoms with Crippen molar-refractivity contribution in [3.8, 4) is 11.5 Å². The van der Waals surface area contributed by atoms with Crippen LogP contribution in [-0.2, 0) is 4.79 Å². The Morgan fingerprint density at radius 2 is 1.90 bits per heavy atom. The number of hydrogen-bond donors (Lipinski definition) is 2. The zero-order chi connectivity index (χ0) is 21.2. The van der Waals surface area contributed by atoms with E-state index in [1.165, 1.54) is 35.2 Å². The van der Waals surface area contributed by atoms with E-state index in [-0.39, 0.29) is 17.5 Å². The highest BCUT2D eigenvalue weighted by molar-refractivity contribution is 8.01. The van der Waals surface area contributed by atoms with E-state index in [4.69, 9.17) is 9.47 Å². The van der Waals surface area contributed by atoms with Crippen LogP contribution in [0.3, 0.4) is 0 Å². The number of anilines is 2. The smallest absolute Gasteiger partial charge is 0.230 e. The molecule has 3 rings (SSSR count). The molecule has 158 valence electrons. The molecular weight excluding hydrogens is 427 g/mol. The summed E-state index contributed by atoms with van der Waals surface area (Å²) in [5.41, 5.74) is 0.591. The summed E-state index contributed by atoms with van der Waals surface area (Å²) in [4.78, 5) is 12.0. The van der Waals surface area contributed by atoms with Crippen LogP contribution in [0, 0.1) is 5.82 Å². The standard InChI is InChI=1S/C20H21FN4O3S2/c1-2-27-16-6-8-17(9-7-16)28-11-10-22-18(26)13-29-20-25-24-19(30-20)23-15-5-3-4-14(21)12-15/h3-9,12H,2,10-11,13H2,1H3,(H,22,26)(H,23,24). The van der Waals surface area contributed by atoms with Crippen LogP contribution in [0.1, 0.15) is 6.92 Å². The van der Waals surface area contributed by atoms with Gasteiger partial charge in [-0.1, -0.05) is 29.2 Å². The van der Waals surface area contributed by atoms with Crippen molar-refractivity contribution in [1.29, 1.82) is 0 Å². The monoisotopic (exact) mass is 448 g/mol. The van der Waals surface area contributed by atoms with E-state index in [9.17, 15) is 9.18 Å². The Labute approximate surface area is 182 Å². The third kappa shape index (κ3) is 7.20. The lowest BCUT2D eigenvalue weighted by Gasteiger charge is -2.08. The summed E-state index contributed by atoms with van der Waals surface area (Å²) in [5.74, 6) is 1.28. The van der Waals surface area contributed by atoms with Gasteiger partial charge in [0.25, 0.3) is 0 Å². The first-order chi connectivity index (χ1) is 14.6. The number of hydrogen-bond acceptors (Lipinski definition) is 8. The number of halogens is 1. The van der Waals surface area contributed by atoms with Gasteiger partial charge in [-0.25, -0.2) is 4.39 Å². The van der Waals surface area contributed by atoms with Gasteiger partial charge in [0.15, 0.2) is 4.34 Å². The summed E-state index contributed by atoms with van der Waals surface area (Å²) >= 11 is 2.59. The normalized spacial score (nSPS) is 10.5. The number of aromatic nitrogens is 2. The fourth-order valence-corrected chi connectivity index (χ4v) is 3.95. The van der Waals surface area contributed by atoms with E-state index >= 15 is 0 Å². The summed E-state index contributed by atoms with van der Waals surface area (Å²) in [7, 11) is 0. The van der Waals surface area contributed by atoms with E-state index in [0.29, 0.717) is 40.7 Å². The molecular formula is C20H21FN4O3S2. The summed E-state index contributed by atoms with van der Waals surface area (Å²) in [5, 5.41) is 14.3. The van der Waals surface area contributed by atoms with E-state index < -0.39 is 0 Å². The van der Waals surface area contributed by atoms with Crippen LogP contribution in [0.5, 0.6) is 11.5 Å². The molecule has 2 aromatic carbocycles. The fourth-order valence-electron chi connectivity index (χ4n) is 2.34. The van der Waals surface area contributed by atoms with Gasteiger partial charge in [-0.3, -0.25) is 4.79 Å². The molecule has 3 aromatic rings. The second-order valence-electron chi connectivity index (χ2n) is 5.90. The predicted molar refractivity (Wildman–Crippen MR) is 116 cm³/mol. The van der Waals surface area contributed by atoms with Gasteiger partial charge < -0.3 is 20.1 Å². The lowest BCUT2D eigenvalue weighted by atomic mass is 10.3. The van der Waals surface area contributed by atoms with Gasteiger partial charge in [-0.2, -0.15) is 0 Å². The van der Waals surface area contributed by atoms with Crippen LogP contribution in [0.2, 0.25) is 0 Å². The molecule has 0 atom stereocenters. The molecule has 0 aliphatic heterocycles. The predicted octanol–water partition coefficient (Wildman–Crippen LogP) is 4.11. The summed E-state index contributed by atoms with van der Waals surface area (Å²) in [6, 6.07) is 13.4. The van der Waals surface area contributed by atoms with Gasteiger partial charge >= 0.3 is 0 Å². The zero-order valence-corrected chi connectivity index (χ0v) is 17.9. The number of carbonyl (C=O) groups excluding carboxylic acids is 1. The topological polar surface area (TPSA) is 85.4 Å². The minimum absolute atomic E-state index is 0.120. The lowest BCUT2D eigenvalue weighted by molar-refractivity contribution is -0.118. The van der Waals surface area contributed by atoms with E-state index in [0.717, 1.165) is 5.75 Å². The summed E-state index contributed by atoms with van der Waals surface area (Å²) in [6.07, 6.45) is 0. The molecule has 10 heteroatoms. The van der Waals surface area contributed by atoms with Crippen LogP contribution >= 0.6 is 23.1 Å². The maximum Gasteiger partial charge on any atom is 0.230 e. The molecule has 0 radical (unpaired) electrons. The van der Waals surface area contributed by atoms with Crippen molar-refractivity contribution in [3.63, 3.8) is 0 Å². The number of thioether (sulfide) groups is 1. The molecule has 0 aliphatic rings. The molecule has 0 saturated carbocycles. The highest BCUT2D eigenvalue weighted by atomic mass is 32.2. The molecule has 0 unspecified atom stereocenters. The van der Waals surface area contributed by atoms with Crippen molar-refractivity contribution in [3.05, 3.63) is 54.3 Å². The van der Waals surface area contributed by atoms with E-state index in [2.05, 4.69) is 20.8 Å². The van der Waals surface area contributed by atoms with Crippen LogP contribution in [0.4, 0.5) is 15.2 Å². The van der Waals surface area contributed by atoms with E-state index in [1.54, 1.807) is 12.1 Å². The van der Waals surface area contributed by atoms with Crippen LogP contribution in [-0.4, -0.2) is 41.6 Å². The maximum absolute atomic E-state index is 13.2. The number of carbonyl (C=O) groups is 1. The molecule has 1 amide bonds. The van der Waals surface area contributed by atoms with Crippen molar-refractivity contribution in [2.45, 2.75) is 11.3 Å². The minimum atomic E-state index is -0.331. The Balaban J connectivity index is 1.33. The van der Waals surface area contributed by atoms with E-state index in [1.807, 2.05) is 31.2 Å². The molecule has 0 saturated heterocycles. The molecule has 2 N–H and O–H groups in total. The maximum atomic E-state index is 13.2. The van der Waals surface area contributed by atoms with Gasteiger partial charge in [0.1, 0.15) is 23.9 Å². The highest BCUT2D eigenvalue weighted by Gasteiger charge is 2.09. The first kappa shape index (κ1) is 21.8. The largest absolute Gasteiger partial charge is 0.494 e. The Bertz CT molecular complexity index is 953. The molecule has 1 aromatic heterocycles. The number of benzene rings is 2. The quantitative estimate of drug-likeness (QED) is 0.337. The van der Waals surface area contributed by atoms with Crippen LogP contribution < -0.4 is 20.1 Å². The van der Waals surface area contributed by atoms with Crippen molar-refractivity contribution in [2.24, 2.45) is 0 Å². The third-order valence-electron chi connectivity index (χ3n) is 3.64. The number of nitrogens with zero attached hydrogens (tertiary/aromatic N) is 2. The summed E-state index contributed by atoms with van der Waals surface area (Å²) < 4.78 is 24.8. The van der Waals surface area contributed by atoms with Gasteiger partial charge in [0.05, 0.1) is 18.9 Å². The average molecular weight is 449 g/mol. The van der Waals surface area contributed by atoms with Gasteiger partial charge in [0.2, 0.25) is 11.0 Å². The molecule has 1 heterocycles. The van der Waals surface area contributed by atoms with Crippen molar-refractivity contribution < 1.29 is 18.7 Å². The molecule has 30 heavy (non-hydrogen) atoms. The minimum Gasteiger partial charge on any atom is -0.494 e. The molecule has 0 aliphatic carbocycles. The molecule has 0 bridgehead atoms. The average Bonchev–Trinajstić information content (AvgIpc) is 3.18. The Hall–Kier alpha value is -2.85. The SMILES string of the molecule is CCOc1ccc(OCCNC(=O)CSc2nnc(Nc3cccc(F)c3)s2)cc1. The molecule has 7 nitrogen and oxygen atoms in total. The second kappa shape index (κ2) is 11.4. The second-order valence-corrected chi connectivity index (χ2v) is 8.10.